The highest BCUT2D eigenvalue weighted by Crippen LogP contribution is 2.21. The van der Waals surface area contributed by atoms with Crippen LogP contribution in [0.4, 0.5) is 4.39 Å². The van der Waals surface area contributed by atoms with E-state index in [0.29, 0.717) is 24.7 Å². The normalized spacial score (nSPS) is 18.8. The monoisotopic (exact) mass is 356 g/mol. The fourth-order valence-corrected chi connectivity index (χ4v) is 3.47. The van der Waals surface area contributed by atoms with E-state index in [4.69, 9.17) is 0 Å². The lowest BCUT2D eigenvalue weighted by molar-refractivity contribution is 0.0696. The van der Waals surface area contributed by atoms with Crippen molar-refractivity contribution in [2.75, 3.05) is 19.6 Å². The lowest BCUT2D eigenvalue weighted by Crippen LogP contribution is -2.45. The van der Waals surface area contributed by atoms with Crippen LogP contribution in [0, 0.1) is 11.7 Å². The van der Waals surface area contributed by atoms with E-state index in [1.165, 1.54) is 18.3 Å². The van der Waals surface area contributed by atoms with Gasteiger partial charge in [-0.25, -0.2) is 9.37 Å². The van der Waals surface area contributed by atoms with E-state index in [9.17, 15) is 9.18 Å². The van der Waals surface area contributed by atoms with E-state index < -0.39 is 0 Å². The molecule has 0 spiro atoms. The maximum Gasteiger partial charge on any atom is 0.274 e. The Balaban J connectivity index is 1.75. The number of carbonyl (C=O) groups excluding carboxylic acids is 1. The number of carbonyl (C=O) groups is 1. The molecule has 1 aliphatic rings. The third-order valence-electron chi connectivity index (χ3n) is 4.89. The van der Waals surface area contributed by atoms with Crippen LogP contribution in [0.5, 0.6) is 0 Å². The zero-order valence-corrected chi connectivity index (χ0v) is 15.3. The summed E-state index contributed by atoms with van der Waals surface area (Å²) >= 11 is 0. The number of aromatic nitrogens is 2. The van der Waals surface area contributed by atoms with Crippen molar-refractivity contribution in [1.29, 1.82) is 0 Å². The average molecular weight is 356 g/mol. The lowest BCUT2D eigenvalue weighted by Gasteiger charge is -2.34. The number of hydrogen-bond donors (Lipinski definition) is 0. The van der Waals surface area contributed by atoms with Crippen LogP contribution in [0.2, 0.25) is 0 Å². The zero-order chi connectivity index (χ0) is 18.5. The largest absolute Gasteiger partial charge is 0.336 e. The second-order valence-corrected chi connectivity index (χ2v) is 7.10. The molecule has 26 heavy (non-hydrogen) atoms. The van der Waals surface area contributed by atoms with Crippen LogP contribution in [0.25, 0.3) is 0 Å². The quantitative estimate of drug-likeness (QED) is 0.845. The molecule has 0 saturated carbocycles. The number of amides is 1. The first-order chi connectivity index (χ1) is 12.5. The number of rotatable bonds is 4. The Kier molecular flexibility index (Phi) is 5.93. The molecule has 1 saturated heterocycles. The number of hydrogen-bond acceptors (Lipinski definition) is 4. The molecule has 0 bridgehead atoms. The molecule has 1 aliphatic heterocycles. The lowest BCUT2D eigenvalue weighted by atomic mass is 10.0. The van der Waals surface area contributed by atoms with Gasteiger partial charge in [-0.2, -0.15) is 0 Å². The summed E-state index contributed by atoms with van der Waals surface area (Å²) in [5.74, 6) is 0.115. The van der Waals surface area contributed by atoms with Gasteiger partial charge in [0, 0.05) is 44.6 Å². The molecule has 0 N–H and O–H groups in total. The van der Waals surface area contributed by atoms with Crippen LogP contribution in [0.15, 0.2) is 42.9 Å². The van der Waals surface area contributed by atoms with Crippen LogP contribution in [-0.4, -0.2) is 51.4 Å². The summed E-state index contributed by atoms with van der Waals surface area (Å²) in [4.78, 5) is 25.2. The maximum absolute atomic E-state index is 13.2. The number of halogens is 1. The molecule has 2 aromatic rings. The minimum Gasteiger partial charge on any atom is -0.336 e. The Labute approximate surface area is 153 Å². The number of nitrogens with zero attached hydrogens (tertiary/aromatic N) is 4. The first kappa shape index (κ1) is 18.5. The molecular formula is C20H25FN4O. The molecule has 0 radical (unpaired) electrons. The van der Waals surface area contributed by atoms with E-state index in [-0.39, 0.29) is 17.8 Å². The fourth-order valence-electron chi connectivity index (χ4n) is 3.47. The van der Waals surface area contributed by atoms with E-state index in [1.54, 1.807) is 12.4 Å². The van der Waals surface area contributed by atoms with E-state index in [0.717, 1.165) is 25.1 Å². The van der Waals surface area contributed by atoms with E-state index >= 15 is 0 Å². The summed E-state index contributed by atoms with van der Waals surface area (Å²) < 4.78 is 13.2. The molecule has 2 heterocycles. The van der Waals surface area contributed by atoms with E-state index in [2.05, 4.69) is 28.7 Å². The van der Waals surface area contributed by atoms with Crippen molar-refractivity contribution >= 4 is 5.91 Å². The molecule has 1 unspecified atom stereocenters. The first-order valence-electron chi connectivity index (χ1n) is 9.08. The topological polar surface area (TPSA) is 49.3 Å². The standard InChI is InChI=1S/C20H25FN4O/c1-15(2)19-14-25(20(26)18-12-22-8-9-23-18)11-3-10-24(19)13-16-4-6-17(21)7-5-16/h4-9,12,15,19H,3,10-11,13-14H2,1-2H3. The van der Waals surface area contributed by atoms with Gasteiger partial charge >= 0.3 is 0 Å². The van der Waals surface area contributed by atoms with Gasteiger partial charge in [0.2, 0.25) is 0 Å². The third-order valence-corrected chi connectivity index (χ3v) is 4.89. The van der Waals surface area contributed by atoms with Gasteiger partial charge in [0.05, 0.1) is 6.20 Å². The highest BCUT2D eigenvalue weighted by Gasteiger charge is 2.30. The Morgan fingerprint density at radius 3 is 2.65 bits per heavy atom. The molecule has 1 fully saturated rings. The van der Waals surface area contributed by atoms with Crippen LogP contribution < -0.4 is 0 Å². The van der Waals surface area contributed by atoms with Gasteiger partial charge in [0.1, 0.15) is 11.5 Å². The van der Waals surface area contributed by atoms with Crippen LogP contribution >= 0.6 is 0 Å². The first-order valence-corrected chi connectivity index (χ1v) is 9.08. The zero-order valence-electron chi connectivity index (χ0n) is 15.3. The highest BCUT2D eigenvalue weighted by molar-refractivity contribution is 5.92. The minimum absolute atomic E-state index is 0.0626. The van der Waals surface area contributed by atoms with Crippen LogP contribution in [-0.2, 0) is 6.54 Å². The van der Waals surface area contributed by atoms with Gasteiger partial charge in [-0.1, -0.05) is 26.0 Å². The van der Waals surface area contributed by atoms with Crippen molar-refractivity contribution < 1.29 is 9.18 Å². The maximum atomic E-state index is 13.2. The molecule has 1 aromatic heterocycles. The van der Waals surface area contributed by atoms with Crippen molar-refractivity contribution in [2.24, 2.45) is 5.92 Å². The molecule has 5 nitrogen and oxygen atoms in total. The predicted octanol–water partition coefficient (Wildman–Crippen LogP) is 2.99. The molecular weight excluding hydrogens is 331 g/mol. The average Bonchev–Trinajstić information content (AvgIpc) is 2.86. The Bertz CT molecular complexity index is 720. The predicted molar refractivity (Wildman–Crippen MR) is 98.0 cm³/mol. The second kappa shape index (κ2) is 8.36. The summed E-state index contributed by atoms with van der Waals surface area (Å²) in [7, 11) is 0. The second-order valence-electron chi connectivity index (χ2n) is 7.10. The van der Waals surface area contributed by atoms with Gasteiger partial charge < -0.3 is 4.90 Å². The van der Waals surface area contributed by atoms with Gasteiger partial charge in [0.25, 0.3) is 5.91 Å². The van der Waals surface area contributed by atoms with Crippen molar-refractivity contribution in [2.45, 2.75) is 32.9 Å². The Hall–Kier alpha value is -2.34. The van der Waals surface area contributed by atoms with Crippen LogP contribution in [0.1, 0.15) is 36.3 Å². The molecule has 0 aliphatic carbocycles. The van der Waals surface area contributed by atoms with Crippen LogP contribution in [0.3, 0.4) is 0 Å². The molecule has 138 valence electrons. The summed E-state index contributed by atoms with van der Waals surface area (Å²) in [5.41, 5.74) is 1.48. The third kappa shape index (κ3) is 4.43. The molecule has 1 amide bonds. The molecule has 6 heteroatoms. The van der Waals surface area contributed by atoms with Gasteiger partial charge in [-0.05, 0) is 30.0 Å². The summed E-state index contributed by atoms with van der Waals surface area (Å²) in [6.45, 7) is 7.39. The van der Waals surface area contributed by atoms with E-state index in [1.807, 2.05) is 17.0 Å². The Morgan fingerprint density at radius 1 is 1.23 bits per heavy atom. The number of benzene rings is 1. The minimum atomic E-state index is -0.217. The van der Waals surface area contributed by atoms with Gasteiger partial charge in [-0.15, -0.1) is 0 Å². The summed E-state index contributed by atoms with van der Waals surface area (Å²) in [5, 5.41) is 0. The van der Waals surface area contributed by atoms with Crippen molar-refractivity contribution in [3.8, 4) is 0 Å². The smallest absolute Gasteiger partial charge is 0.274 e. The highest BCUT2D eigenvalue weighted by atomic mass is 19.1. The molecule has 1 aromatic carbocycles. The SMILES string of the molecule is CC(C)C1CN(C(=O)c2cnccn2)CCCN1Cc1ccc(F)cc1. The van der Waals surface area contributed by atoms with Crippen molar-refractivity contribution in [3.05, 3.63) is 59.9 Å². The Morgan fingerprint density at radius 2 is 2.00 bits per heavy atom. The van der Waals surface area contributed by atoms with Gasteiger partial charge in [-0.3, -0.25) is 14.7 Å². The van der Waals surface area contributed by atoms with Gasteiger partial charge in [0.15, 0.2) is 0 Å². The van der Waals surface area contributed by atoms with Crippen molar-refractivity contribution in [3.63, 3.8) is 0 Å². The summed E-state index contributed by atoms with van der Waals surface area (Å²) in [6.07, 6.45) is 5.54. The molecule has 3 rings (SSSR count). The summed E-state index contributed by atoms with van der Waals surface area (Å²) in [6, 6.07) is 6.91. The molecule has 1 atom stereocenters. The van der Waals surface area contributed by atoms with Crippen molar-refractivity contribution in [1.82, 2.24) is 19.8 Å². The fraction of sp³-hybridized carbons (Fsp3) is 0.450.